The van der Waals surface area contributed by atoms with Gasteiger partial charge in [-0.1, -0.05) is 42.5 Å². The van der Waals surface area contributed by atoms with Crippen molar-refractivity contribution in [2.75, 3.05) is 0 Å². The highest BCUT2D eigenvalue weighted by Gasteiger charge is 2.10. The SMILES string of the molecule is O=C(NCc1ccccc1)C1=Cc2ccncc2CC=C1. The van der Waals surface area contributed by atoms with Crippen LogP contribution in [0.4, 0.5) is 0 Å². The lowest BCUT2D eigenvalue weighted by molar-refractivity contribution is -0.117. The van der Waals surface area contributed by atoms with Crippen LogP contribution < -0.4 is 5.32 Å². The summed E-state index contributed by atoms with van der Waals surface area (Å²) in [7, 11) is 0. The highest BCUT2D eigenvalue weighted by Crippen LogP contribution is 2.17. The molecule has 1 aliphatic rings. The monoisotopic (exact) mass is 276 g/mol. The van der Waals surface area contributed by atoms with Crippen molar-refractivity contribution < 1.29 is 4.79 Å². The second-order valence-electron chi connectivity index (χ2n) is 4.95. The molecule has 3 heteroatoms. The van der Waals surface area contributed by atoms with E-state index in [4.69, 9.17) is 0 Å². The molecule has 0 saturated heterocycles. The predicted octanol–water partition coefficient (Wildman–Crippen LogP) is 2.89. The second kappa shape index (κ2) is 6.18. The lowest BCUT2D eigenvalue weighted by atomic mass is 10.1. The Bertz CT molecular complexity index is 702. The van der Waals surface area contributed by atoms with Gasteiger partial charge in [0.2, 0.25) is 0 Å². The van der Waals surface area contributed by atoms with Gasteiger partial charge in [-0.3, -0.25) is 9.78 Å². The molecule has 3 nitrogen and oxygen atoms in total. The van der Waals surface area contributed by atoms with Gasteiger partial charge < -0.3 is 5.32 Å². The minimum atomic E-state index is -0.0558. The fourth-order valence-corrected chi connectivity index (χ4v) is 2.30. The van der Waals surface area contributed by atoms with Crippen molar-refractivity contribution in [1.29, 1.82) is 0 Å². The van der Waals surface area contributed by atoms with Crippen molar-refractivity contribution in [3.63, 3.8) is 0 Å². The van der Waals surface area contributed by atoms with Crippen LogP contribution in [0.25, 0.3) is 6.08 Å². The maximum Gasteiger partial charge on any atom is 0.251 e. The first-order chi connectivity index (χ1) is 10.3. The molecule has 0 unspecified atom stereocenters. The average Bonchev–Trinajstić information content (AvgIpc) is 2.76. The van der Waals surface area contributed by atoms with E-state index in [1.165, 1.54) is 0 Å². The molecule has 0 atom stereocenters. The number of amides is 1. The number of allylic oxidation sites excluding steroid dienone is 1. The number of hydrogen-bond acceptors (Lipinski definition) is 2. The molecule has 0 saturated carbocycles. The summed E-state index contributed by atoms with van der Waals surface area (Å²) < 4.78 is 0. The Morgan fingerprint density at radius 1 is 1.19 bits per heavy atom. The summed E-state index contributed by atoms with van der Waals surface area (Å²) in [5.41, 5.74) is 3.96. The molecular formula is C18H16N2O. The minimum absolute atomic E-state index is 0.0558. The Morgan fingerprint density at radius 2 is 2.05 bits per heavy atom. The van der Waals surface area contributed by atoms with Crippen LogP contribution in [0.5, 0.6) is 0 Å². The lowest BCUT2D eigenvalue weighted by Crippen LogP contribution is -2.23. The van der Waals surface area contributed by atoms with E-state index < -0.39 is 0 Å². The number of nitrogens with zero attached hydrogens (tertiary/aromatic N) is 1. The van der Waals surface area contributed by atoms with E-state index in [1.54, 1.807) is 6.20 Å². The maximum atomic E-state index is 12.3. The number of fused-ring (bicyclic) bond motifs is 1. The number of nitrogens with one attached hydrogen (secondary N) is 1. The molecular weight excluding hydrogens is 260 g/mol. The molecule has 2 aromatic rings. The van der Waals surface area contributed by atoms with Crippen LogP contribution in [0, 0.1) is 0 Å². The summed E-state index contributed by atoms with van der Waals surface area (Å²) in [6.07, 6.45) is 10.2. The van der Waals surface area contributed by atoms with Gasteiger partial charge in [0, 0.05) is 24.5 Å². The standard InChI is InChI=1S/C18H16N2O/c21-18(20-12-14-5-2-1-3-6-14)16-7-4-8-17-13-19-10-9-15(17)11-16/h1-7,9-11,13H,8,12H2,(H,20,21). The molecule has 1 aromatic heterocycles. The third-order valence-corrected chi connectivity index (χ3v) is 3.45. The molecule has 0 aliphatic heterocycles. The van der Waals surface area contributed by atoms with Gasteiger partial charge >= 0.3 is 0 Å². The Morgan fingerprint density at radius 3 is 2.90 bits per heavy atom. The first-order valence-electron chi connectivity index (χ1n) is 6.96. The Kier molecular flexibility index (Phi) is 3.92. The topological polar surface area (TPSA) is 42.0 Å². The molecule has 0 bridgehead atoms. The van der Waals surface area contributed by atoms with Crippen LogP contribution in [-0.2, 0) is 17.8 Å². The van der Waals surface area contributed by atoms with Crippen LogP contribution in [0.3, 0.4) is 0 Å². The van der Waals surface area contributed by atoms with Gasteiger partial charge in [-0.05, 0) is 35.3 Å². The molecule has 1 aliphatic carbocycles. The summed E-state index contributed by atoms with van der Waals surface area (Å²) in [4.78, 5) is 16.4. The number of benzene rings is 1. The van der Waals surface area contributed by atoms with E-state index in [1.807, 2.05) is 60.8 Å². The van der Waals surface area contributed by atoms with Crippen LogP contribution in [0.2, 0.25) is 0 Å². The fraction of sp³-hybridized carbons (Fsp3) is 0.111. The Balaban J connectivity index is 1.74. The van der Waals surface area contributed by atoms with Crippen LogP contribution in [0.1, 0.15) is 16.7 Å². The van der Waals surface area contributed by atoms with Crippen LogP contribution >= 0.6 is 0 Å². The molecule has 0 radical (unpaired) electrons. The number of hydrogen-bond donors (Lipinski definition) is 1. The molecule has 1 aromatic carbocycles. The van der Waals surface area contributed by atoms with Crippen molar-refractivity contribution in [3.05, 3.63) is 83.2 Å². The number of rotatable bonds is 3. The van der Waals surface area contributed by atoms with Crippen molar-refractivity contribution >= 4 is 12.0 Å². The van der Waals surface area contributed by atoms with Crippen molar-refractivity contribution in [1.82, 2.24) is 10.3 Å². The third-order valence-electron chi connectivity index (χ3n) is 3.45. The molecule has 1 amide bonds. The van der Waals surface area contributed by atoms with E-state index >= 15 is 0 Å². The molecule has 1 N–H and O–H groups in total. The smallest absolute Gasteiger partial charge is 0.251 e. The van der Waals surface area contributed by atoms with Gasteiger partial charge in [0.05, 0.1) is 0 Å². The molecule has 21 heavy (non-hydrogen) atoms. The first kappa shape index (κ1) is 13.3. The van der Waals surface area contributed by atoms with Gasteiger partial charge in [-0.25, -0.2) is 0 Å². The fourth-order valence-electron chi connectivity index (χ4n) is 2.30. The molecule has 104 valence electrons. The Labute approximate surface area is 124 Å². The summed E-state index contributed by atoms with van der Waals surface area (Å²) in [6, 6.07) is 11.8. The van der Waals surface area contributed by atoms with E-state index in [9.17, 15) is 4.79 Å². The number of pyridine rings is 1. The van der Waals surface area contributed by atoms with Crippen molar-refractivity contribution in [2.24, 2.45) is 0 Å². The lowest BCUT2D eigenvalue weighted by Gasteiger charge is -2.06. The minimum Gasteiger partial charge on any atom is -0.348 e. The number of carbonyl (C=O) groups is 1. The van der Waals surface area contributed by atoms with Crippen LogP contribution in [-0.4, -0.2) is 10.9 Å². The van der Waals surface area contributed by atoms with Crippen molar-refractivity contribution in [3.8, 4) is 0 Å². The van der Waals surface area contributed by atoms with Gasteiger partial charge in [-0.15, -0.1) is 0 Å². The molecule has 3 rings (SSSR count). The van der Waals surface area contributed by atoms with Crippen molar-refractivity contribution in [2.45, 2.75) is 13.0 Å². The highest BCUT2D eigenvalue weighted by atomic mass is 16.1. The number of aromatic nitrogens is 1. The van der Waals surface area contributed by atoms with Gasteiger partial charge in [-0.2, -0.15) is 0 Å². The average molecular weight is 276 g/mol. The summed E-state index contributed by atoms with van der Waals surface area (Å²) in [6.45, 7) is 0.536. The first-order valence-corrected chi connectivity index (χ1v) is 6.96. The maximum absolute atomic E-state index is 12.3. The molecule has 0 spiro atoms. The van der Waals surface area contributed by atoms with Gasteiger partial charge in [0.15, 0.2) is 0 Å². The quantitative estimate of drug-likeness (QED) is 0.936. The summed E-state index contributed by atoms with van der Waals surface area (Å²) in [5, 5.41) is 2.95. The highest BCUT2D eigenvalue weighted by molar-refractivity contribution is 6.01. The number of carbonyl (C=O) groups excluding carboxylic acids is 1. The third kappa shape index (κ3) is 3.26. The zero-order valence-electron chi connectivity index (χ0n) is 11.6. The summed E-state index contributed by atoms with van der Waals surface area (Å²) >= 11 is 0. The zero-order chi connectivity index (χ0) is 14.5. The van der Waals surface area contributed by atoms with E-state index in [2.05, 4.69) is 10.3 Å². The predicted molar refractivity (Wildman–Crippen MR) is 83.3 cm³/mol. The normalized spacial score (nSPS) is 13.0. The van der Waals surface area contributed by atoms with E-state index in [0.717, 1.165) is 23.1 Å². The second-order valence-corrected chi connectivity index (χ2v) is 4.95. The van der Waals surface area contributed by atoms with Gasteiger partial charge in [0.25, 0.3) is 5.91 Å². The Hall–Kier alpha value is -2.68. The van der Waals surface area contributed by atoms with E-state index in [0.29, 0.717) is 12.1 Å². The zero-order valence-corrected chi connectivity index (χ0v) is 11.6. The summed E-state index contributed by atoms with van der Waals surface area (Å²) in [5.74, 6) is -0.0558. The molecule has 0 fully saturated rings. The van der Waals surface area contributed by atoms with Gasteiger partial charge in [0.1, 0.15) is 0 Å². The van der Waals surface area contributed by atoms with Crippen LogP contribution in [0.15, 0.2) is 66.5 Å². The van der Waals surface area contributed by atoms with E-state index in [-0.39, 0.29) is 5.91 Å². The molecule has 1 heterocycles. The largest absolute Gasteiger partial charge is 0.348 e.